The molecule has 1 amide bonds. The van der Waals surface area contributed by atoms with Gasteiger partial charge in [0.25, 0.3) is 0 Å². The number of fused-ring (bicyclic) bond motifs is 2. The third-order valence-electron chi connectivity index (χ3n) is 5.34. The number of hydrogen-bond donors (Lipinski definition) is 0. The Morgan fingerprint density at radius 2 is 1.69 bits per heavy atom. The van der Waals surface area contributed by atoms with E-state index in [9.17, 15) is 4.79 Å². The van der Waals surface area contributed by atoms with Gasteiger partial charge in [-0.1, -0.05) is 42.5 Å². The first-order chi connectivity index (χ1) is 14.2. The highest BCUT2D eigenvalue weighted by Gasteiger charge is 2.31. The minimum atomic E-state index is -0.0183. The van der Waals surface area contributed by atoms with Gasteiger partial charge in [-0.25, -0.2) is 0 Å². The predicted octanol–water partition coefficient (Wildman–Crippen LogP) is 2.16. The first-order valence-corrected chi connectivity index (χ1v) is 9.69. The number of aromatic nitrogens is 6. The molecule has 0 saturated carbocycles. The Balaban J connectivity index is 1.38. The van der Waals surface area contributed by atoms with Gasteiger partial charge < -0.3 is 9.47 Å². The fourth-order valence-corrected chi connectivity index (χ4v) is 4.00. The molecule has 0 unspecified atom stereocenters. The first kappa shape index (κ1) is 17.5. The Labute approximate surface area is 167 Å². The smallest absolute Gasteiger partial charge is 0.246 e. The highest BCUT2D eigenvalue weighted by Crippen LogP contribution is 2.25. The van der Waals surface area contributed by atoms with Gasteiger partial charge in [-0.05, 0) is 31.0 Å². The minimum absolute atomic E-state index is 0.0183. The molecular formula is C21H21N7O. The van der Waals surface area contributed by atoms with Crippen LogP contribution in [0.25, 0.3) is 11.0 Å². The van der Waals surface area contributed by atoms with Gasteiger partial charge in [0.2, 0.25) is 5.91 Å². The molecule has 1 aliphatic heterocycles. The highest BCUT2D eigenvalue weighted by molar-refractivity contribution is 5.77. The summed E-state index contributed by atoms with van der Waals surface area (Å²) in [6.45, 7) is 3.14. The van der Waals surface area contributed by atoms with Crippen molar-refractivity contribution in [1.29, 1.82) is 0 Å². The van der Waals surface area contributed by atoms with Crippen LogP contribution in [0.3, 0.4) is 0 Å². The van der Waals surface area contributed by atoms with Crippen LogP contribution in [-0.2, 0) is 24.3 Å². The molecule has 1 aliphatic rings. The summed E-state index contributed by atoms with van der Waals surface area (Å²) in [5.74, 6) is 1.69. The number of aryl methyl sites for hydroxylation is 1. The van der Waals surface area contributed by atoms with Crippen molar-refractivity contribution in [2.24, 2.45) is 0 Å². The van der Waals surface area contributed by atoms with Crippen molar-refractivity contribution in [3.8, 4) is 0 Å². The maximum atomic E-state index is 13.0. The van der Waals surface area contributed by atoms with E-state index in [1.165, 1.54) is 10.4 Å². The minimum Gasteiger partial charge on any atom is -0.331 e. The van der Waals surface area contributed by atoms with Crippen LogP contribution >= 0.6 is 0 Å². The molecule has 8 heteroatoms. The molecule has 4 aromatic rings. The van der Waals surface area contributed by atoms with E-state index >= 15 is 0 Å². The predicted molar refractivity (Wildman–Crippen MR) is 107 cm³/mol. The van der Waals surface area contributed by atoms with Crippen molar-refractivity contribution < 1.29 is 4.79 Å². The van der Waals surface area contributed by atoms with Crippen LogP contribution in [0.15, 0.2) is 54.6 Å². The third kappa shape index (κ3) is 3.37. The Hall–Kier alpha value is -3.55. The Morgan fingerprint density at radius 1 is 1.00 bits per heavy atom. The normalized spacial score (nSPS) is 16.2. The summed E-state index contributed by atoms with van der Waals surface area (Å²) in [5, 5.41) is 17.4. The van der Waals surface area contributed by atoms with E-state index in [2.05, 4.69) is 37.1 Å². The van der Waals surface area contributed by atoms with E-state index in [-0.39, 0.29) is 18.5 Å². The maximum absolute atomic E-state index is 13.0. The number of carbonyl (C=O) groups is 1. The number of benzene rings is 2. The van der Waals surface area contributed by atoms with Crippen molar-refractivity contribution in [2.75, 3.05) is 6.54 Å². The average Bonchev–Trinajstić information content (AvgIpc) is 3.31. The monoisotopic (exact) mass is 387 g/mol. The lowest BCUT2D eigenvalue weighted by atomic mass is 10.0. The van der Waals surface area contributed by atoms with Crippen LogP contribution in [0, 0.1) is 6.92 Å². The molecule has 0 N–H and O–H groups in total. The Kier molecular flexibility index (Phi) is 4.31. The molecule has 1 atom stereocenters. The SMILES string of the molecule is Cc1nnc2n1[C@H](Cc1ccccc1)CN(C(=O)Cn1nc3ccccc3n1)C2. The quantitative estimate of drug-likeness (QED) is 0.536. The number of amides is 1. The lowest BCUT2D eigenvalue weighted by molar-refractivity contribution is -0.134. The van der Waals surface area contributed by atoms with Crippen LogP contribution in [0.4, 0.5) is 0 Å². The van der Waals surface area contributed by atoms with Crippen LogP contribution in [0.5, 0.6) is 0 Å². The first-order valence-electron chi connectivity index (χ1n) is 9.69. The molecule has 0 bridgehead atoms. The summed E-state index contributed by atoms with van der Waals surface area (Å²) < 4.78 is 2.16. The summed E-state index contributed by atoms with van der Waals surface area (Å²) in [5.41, 5.74) is 2.80. The number of carbonyl (C=O) groups excluding carboxylic acids is 1. The number of nitrogens with zero attached hydrogens (tertiary/aromatic N) is 7. The molecule has 5 rings (SSSR count). The van der Waals surface area contributed by atoms with Gasteiger partial charge in [0.05, 0.1) is 12.6 Å². The van der Waals surface area contributed by atoms with Crippen LogP contribution in [0.2, 0.25) is 0 Å². The molecule has 2 aromatic carbocycles. The van der Waals surface area contributed by atoms with E-state index in [1.54, 1.807) is 0 Å². The molecule has 0 aliphatic carbocycles. The zero-order valence-corrected chi connectivity index (χ0v) is 16.1. The van der Waals surface area contributed by atoms with Crippen molar-refractivity contribution in [1.82, 2.24) is 34.7 Å². The molecule has 0 saturated heterocycles. The number of rotatable bonds is 4. The van der Waals surface area contributed by atoms with Gasteiger partial charge >= 0.3 is 0 Å². The largest absolute Gasteiger partial charge is 0.331 e. The fraction of sp³-hybridized carbons (Fsp3) is 0.286. The lowest BCUT2D eigenvalue weighted by Gasteiger charge is -2.34. The summed E-state index contributed by atoms with van der Waals surface area (Å²) in [7, 11) is 0. The summed E-state index contributed by atoms with van der Waals surface area (Å²) in [6.07, 6.45) is 0.820. The number of hydrogen-bond acceptors (Lipinski definition) is 5. The van der Waals surface area contributed by atoms with Gasteiger partial charge in [0, 0.05) is 6.54 Å². The molecule has 0 fully saturated rings. The van der Waals surface area contributed by atoms with Gasteiger partial charge in [-0.2, -0.15) is 15.0 Å². The molecule has 8 nitrogen and oxygen atoms in total. The Bertz CT molecular complexity index is 1130. The molecule has 146 valence electrons. The second-order valence-electron chi connectivity index (χ2n) is 7.37. The highest BCUT2D eigenvalue weighted by atomic mass is 16.2. The molecular weight excluding hydrogens is 366 g/mol. The van der Waals surface area contributed by atoms with Crippen LogP contribution in [-0.4, -0.2) is 47.1 Å². The van der Waals surface area contributed by atoms with Crippen molar-refractivity contribution in [3.63, 3.8) is 0 Å². The van der Waals surface area contributed by atoms with Gasteiger partial charge in [0.15, 0.2) is 5.82 Å². The van der Waals surface area contributed by atoms with E-state index in [0.29, 0.717) is 13.1 Å². The summed E-state index contributed by atoms with van der Waals surface area (Å²) >= 11 is 0. The van der Waals surface area contributed by atoms with Crippen molar-refractivity contribution in [3.05, 3.63) is 71.8 Å². The molecule has 3 heterocycles. The molecule has 0 radical (unpaired) electrons. The summed E-state index contributed by atoms with van der Waals surface area (Å²) in [6, 6.07) is 18.0. The standard InChI is InChI=1S/C21H21N7O/c1-15-22-23-20-13-26(12-17(28(15)20)11-16-7-3-2-4-8-16)21(29)14-27-24-18-9-5-6-10-19(18)25-27/h2-10,17H,11-14H2,1H3/t17-/m1/s1. The lowest BCUT2D eigenvalue weighted by Crippen LogP contribution is -2.43. The van der Waals surface area contributed by atoms with Crippen LogP contribution in [0.1, 0.15) is 23.3 Å². The van der Waals surface area contributed by atoms with Crippen molar-refractivity contribution in [2.45, 2.75) is 32.5 Å². The van der Waals surface area contributed by atoms with Gasteiger partial charge in [-0.15, -0.1) is 10.2 Å². The van der Waals surface area contributed by atoms with Gasteiger partial charge in [-0.3, -0.25) is 4.79 Å². The van der Waals surface area contributed by atoms with Gasteiger partial charge in [0.1, 0.15) is 23.4 Å². The van der Waals surface area contributed by atoms with E-state index in [1.807, 2.05) is 54.3 Å². The van der Waals surface area contributed by atoms with E-state index < -0.39 is 0 Å². The molecule has 29 heavy (non-hydrogen) atoms. The molecule has 2 aromatic heterocycles. The van der Waals surface area contributed by atoms with Crippen LogP contribution < -0.4 is 0 Å². The van der Waals surface area contributed by atoms with E-state index in [0.717, 1.165) is 29.1 Å². The zero-order valence-electron chi connectivity index (χ0n) is 16.1. The second-order valence-corrected chi connectivity index (χ2v) is 7.37. The molecule has 0 spiro atoms. The fourth-order valence-electron chi connectivity index (χ4n) is 4.00. The topological polar surface area (TPSA) is 81.7 Å². The zero-order chi connectivity index (χ0) is 19.8. The second kappa shape index (κ2) is 7.12. The van der Waals surface area contributed by atoms with Crippen molar-refractivity contribution >= 4 is 16.9 Å². The summed E-state index contributed by atoms with van der Waals surface area (Å²) in [4.78, 5) is 16.3. The Morgan fingerprint density at radius 3 is 2.41 bits per heavy atom. The maximum Gasteiger partial charge on any atom is 0.246 e. The van der Waals surface area contributed by atoms with E-state index in [4.69, 9.17) is 0 Å². The third-order valence-corrected chi connectivity index (χ3v) is 5.34. The average molecular weight is 387 g/mol.